The largest absolute Gasteiger partial charge is 0.491 e. The molecule has 2 amide bonds. The van der Waals surface area contributed by atoms with Gasteiger partial charge in [-0.1, -0.05) is 12.1 Å². The number of anilines is 1. The maximum atomic E-state index is 14.0. The lowest BCUT2D eigenvalue weighted by atomic mass is 9.69. The minimum atomic E-state index is -1.53. The van der Waals surface area contributed by atoms with E-state index in [0.717, 1.165) is 18.4 Å². The first kappa shape index (κ1) is 27.1. The van der Waals surface area contributed by atoms with Crippen LogP contribution < -0.4 is 27.3 Å². The highest BCUT2D eigenvalue weighted by Gasteiger charge is 2.49. The first-order valence-electron chi connectivity index (χ1n) is 13.2. The molecule has 3 aromatic rings. The summed E-state index contributed by atoms with van der Waals surface area (Å²) >= 11 is 1.22. The van der Waals surface area contributed by atoms with E-state index < -0.39 is 17.4 Å². The zero-order valence-electron chi connectivity index (χ0n) is 22.7. The lowest BCUT2D eigenvalue weighted by Gasteiger charge is -2.37. The van der Waals surface area contributed by atoms with Gasteiger partial charge in [0.15, 0.2) is 5.78 Å². The summed E-state index contributed by atoms with van der Waals surface area (Å²) in [4.78, 5) is 41.6. The summed E-state index contributed by atoms with van der Waals surface area (Å²) in [6.45, 7) is 8.44. The van der Waals surface area contributed by atoms with Crippen LogP contribution in [0.25, 0.3) is 10.1 Å². The lowest BCUT2D eigenvalue weighted by Crippen LogP contribution is -2.53. The van der Waals surface area contributed by atoms with Crippen molar-refractivity contribution in [3.63, 3.8) is 0 Å². The van der Waals surface area contributed by atoms with Gasteiger partial charge in [-0.15, -0.1) is 11.3 Å². The minimum Gasteiger partial charge on any atom is -0.491 e. The third kappa shape index (κ3) is 4.46. The summed E-state index contributed by atoms with van der Waals surface area (Å²) in [5.41, 5.74) is 21.4. The van der Waals surface area contributed by atoms with Crippen molar-refractivity contribution in [2.45, 2.75) is 64.3 Å². The van der Waals surface area contributed by atoms with Crippen LogP contribution in [0.5, 0.6) is 5.75 Å². The molecule has 2 aromatic carbocycles. The van der Waals surface area contributed by atoms with Gasteiger partial charge in [0.05, 0.1) is 21.7 Å². The van der Waals surface area contributed by atoms with E-state index in [1.54, 1.807) is 23.1 Å². The van der Waals surface area contributed by atoms with Crippen molar-refractivity contribution < 1.29 is 19.1 Å². The number of rotatable bonds is 5. The lowest BCUT2D eigenvalue weighted by molar-refractivity contribution is -0.130. The molecule has 206 valence electrons. The summed E-state index contributed by atoms with van der Waals surface area (Å²) in [5, 5.41) is 3.72. The van der Waals surface area contributed by atoms with Crippen LogP contribution in [-0.4, -0.2) is 47.7 Å². The Bertz CT molecular complexity index is 1500. The Morgan fingerprint density at radius 1 is 1.21 bits per heavy atom. The molecule has 0 radical (unpaired) electrons. The van der Waals surface area contributed by atoms with Crippen LogP contribution in [0.15, 0.2) is 30.3 Å². The average molecular weight is 550 g/mol. The average Bonchev–Trinajstić information content (AvgIpc) is 3.28. The number of nitrogens with zero attached hydrogens (tertiary/aromatic N) is 1. The molecule has 2 heterocycles. The van der Waals surface area contributed by atoms with E-state index in [1.165, 1.54) is 18.3 Å². The quantitative estimate of drug-likeness (QED) is 0.357. The van der Waals surface area contributed by atoms with E-state index in [1.807, 2.05) is 32.9 Å². The molecular weight excluding hydrogens is 514 g/mol. The highest BCUT2D eigenvalue weighted by atomic mass is 32.1. The van der Waals surface area contributed by atoms with Gasteiger partial charge in [0.25, 0.3) is 5.91 Å². The van der Waals surface area contributed by atoms with E-state index in [9.17, 15) is 14.4 Å². The Labute approximate surface area is 231 Å². The summed E-state index contributed by atoms with van der Waals surface area (Å²) in [5.74, 6) is -0.0546. The van der Waals surface area contributed by atoms with Gasteiger partial charge in [-0.05, 0) is 68.5 Å². The molecule has 0 saturated carbocycles. The van der Waals surface area contributed by atoms with Crippen molar-refractivity contribution in [3.8, 4) is 5.75 Å². The Balaban J connectivity index is 1.60. The highest BCUT2D eigenvalue weighted by molar-refractivity contribution is 7.21. The van der Waals surface area contributed by atoms with Crippen LogP contribution in [0.1, 0.15) is 71.6 Å². The fourth-order valence-electron chi connectivity index (χ4n) is 5.88. The van der Waals surface area contributed by atoms with Crippen LogP contribution in [0.2, 0.25) is 0 Å². The normalized spacial score (nSPS) is 22.8. The van der Waals surface area contributed by atoms with Gasteiger partial charge in [0.2, 0.25) is 5.91 Å². The number of ether oxygens (including phenoxy) is 1. The van der Waals surface area contributed by atoms with Crippen molar-refractivity contribution in [2.24, 2.45) is 11.5 Å². The molecule has 5 rings (SSSR count). The van der Waals surface area contributed by atoms with Crippen LogP contribution in [0.3, 0.4) is 0 Å². The monoisotopic (exact) mass is 549 g/mol. The Morgan fingerprint density at radius 2 is 1.92 bits per heavy atom. The smallest absolute Gasteiger partial charge is 0.262 e. The van der Waals surface area contributed by atoms with Crippen molar-refractivity contribution in [2.75, 3.05) is 18.8 Å². The number of amides is 2. The van der Waals surface area contributed by atoms with Crippen molar-refractivity contribution in [1.29, 1.82) is 0 Å². The van der Waals surface area contributed by atoms with Crippen molar-refractivity contribution in [3.05, 3.63) is 57.5 Å². The summed E-state index contributed by atoms with van der Waals surface area (Å²) < 4.78 is 6.51. The molecule has 3 unspecified atom stereocenters. The SMILES string of the molecule is CC(=O)N1CCCC(NC(=O)c2sc3c(N)ccc4c3c2C(N)C(=O)C4(N)c2ccc(OC(C)C)cc2C)C1. The Morgan fingerprint density at radius 3 is 2.59 bits per heavy atom. The zero-order valence-corrected chi connectivity index (χ0v) is 23.5. The predicted octanol–water partition coefficient (Wildman–Crippen LogP) is 3.10. The molecule has 10 heteroatoms. The van der Waals surface area contributed by atoms with Gasteiger partial charge in [-0.3, -0.25) is 14.4 Å². The number of benzene rings is 2. The van der Waals surface area contributed by atoms with Gasteiger partial charge in [-0.2, -0.15) is 0 Å². The first-order valence-corrected chi connectivity index (χ1v) is 14.0. The number of nitrogen functional groups attached to an aromatic ring is 1. The van der Waals surface area contributed by atoms with Crippen molar-refractivity contribution in [1.82, 2.24) is 10.2 Å². The number of carbonyl (C=O) groups is 3. The second-order valence-electron chi connectivity index (χ2n) is 10.8. The van der Waals surface area contributed by atoms with E-state index in [2.05, 4.69) is 5.32 Å². The number of hydrogen-bond donors (Lipinski definition) is 4. The predicted molar refractivity (Wildman–Crippen MR) is 153 cm³/mol. The number of nitrogens with two attached hydrogens (primary N) is 3. The molecule has 3 atom stereocenters. The number of thiophene rings is 1. The number of ketones is 1. The fourth-order valence-corrected chi connectivity index (χ4v) is 7.09. The zero-order chi connectivity index (χ0) is 28.2. The Kier molecular flexibility index (Phi) is 6.90. The maximum Gasteiger partial charge on any atom is 0.262 e. The van der Waals surface area contributed by atoms with E-state index in [-0.39, 0.29) is 24.0 Å². The molecule has 9 nitrogen and oxygen atoms in total. The summed E-state index contributed by atoms with van der Waals surface area (Å²) in [7, 11) is 0. The molecule has 39 heavy (non-hydrogen) atoms. The number of Topliss-reactive ketones (excluding diaryl/α,β-unsaturated/α-hetero) is 1. The topological polar surface area (TPSA) is 154 Å². The molecular formula is C29H35N5O4S. The fraction of sp³-hybridized carbons (Fsp3) is 0.414. The van der Waals surface area contributed by atoms with Crippen molar-refractivity contribution >= 4 is 44.7 Å². The molecule has 2 aliphatic rings. The number of nitrogens with one attached hydrogen (secondary N) is 1. The van der Waals surface area contributed by atoms with Crippen LogP contribution in [-0.2, 0) is 15.1 Å². The molecule has 1 aliphatic heterocycles. The molecule has 1 aliphatic carbocycles. The summed E-state index contributed by atoms with van der Waals surface area (Å²) in [6.07, 6.45) is 1.56. The van der Waals surface area contributed by atoms with Gasteiger partial charge in [-0.25, -0.2) is 0 Å². The second-order valence-corrected chi connectivity index (χ2v) is 11.8. The summed E-state index contributed by atoms with van der Waals surface area (Å²) in [6, 6.07) is 7.67. The van der Waals surface area contributed by atoms with Gasteiger partial charge >= 0.3 is 0 Å². The van der Waals surface area contributed by atoms with E-state index >= 15 is 0 Å². The third-order valence-electron chi connectivity index (χ3n) is 7.72. The van der Waals surface area contributed by atoms with Crippen LogP contribution >= 0.6 is 11.3 Å². The molecule has 1 saturated heterocycles. The van der Waals surface area contributed by atoms with Crippen LogP contribution in [0.4, 0.5) is 5.69 Å². The molecule has 0 bridgehead atoms. The van der Waals surface area contributed by atoms with Crippen LogP contribution in [0, 0.1) is 6.92 Å². The number of piperidine rings is 1. The standard InChI is InChI=1S/C29H35N5O4S/c1-14(2)38-18-7-8-19(15(3)12-18)29(32)20-9-10-21(30)25-22(20)23(24(31)27(29)36)26(39-25)28(37)33-17-6-5-11-34(13-17)16(4)35/h7-10,12,14,17,24H,5-6,11,13,30-32H2,1-4H3,(H,33,37). The number of likely N-dealkylation sites (tertiary alicyclic amines) is 1. The van der Waals surface area contributed by atoms with Gasteiger partial charge in [0, 0.05) is 42.7 Å². The second kappa shape index (κ2) is 9.93. The molecule has 7 N–H and O–H groups in total. The van der Waals surface area contributed by atoms with Gasteiger partial charge in [0.1, 0.15) is 11.3 Å². The van der Waals surface area contributed by atoms with Gasteiger partial charge < -0.3 is 32.2 Å². The molecule has 0 spiro atoms. The van der Waals surface area contributed by atoms with E-state index in [0.29, 0.717) is 56.2 Å². The first-order chi connectivity index (χ1) is 18.4. The Hall–Kier alpha value is -3.47. The number of carbonyl (C=O) groups excluding carboxylic acids is 3. The number of hydrogen-bond acceptors (Lipinski definition) is 8. The maximum absolute atomic E-state index is 14.0. The molecule has 1 fully saturated rings. The molecule has 1 aromatic heterocycles. The number of aryl methyl sites for hydroxylation is 1. The highest BCUT2D eigenvalue weighted by Crippen LogP contribution is 2.50. The minimum absolute atomic E-state index is 0.000575. The third-order valence-corrected chi connectivity index (χ3v) is 8.97. The van der Waals surface area contributed by atoms with E-state index in [4.69, 9.17) is 21.9 Å².